The van der Waals surface area contributed by atoms with E-state index in [1.54, 1.807) is 0 Å². The quantitative estimate of drug-likeness (QED) is 0.715. The van der Waals surface area contributed by atoms with E-state index in [2.05, 4.69) is 24.4 Å². The molecule has 2 rings (SSSR count). The minimum absolute atomic E-state index is 0.841. The van der Waals surface area contributed by atoms with Gasteiger partial charge in [0, 0.05) is 0 Å². The first kappa shape index (κ1) is 8.30. The van der Waals surface area contributed by atoms with Gasteiger partial charge < -0.3 is 4.42 Å². The molecule has 0 aliphatic carbocycles. The van der Waals surface area contributed by atoms with Crippen molar-refractivity contribution in [3.05, 3.63) is 30.2 Å². The van der Waals surface area contributed by atoms with Crippen molar-refractivity contribution in [3.63, 3.8) is 0 Å². The molecule has 0 saturated heterocycles. The van der Waals surface area contributed by atoms with Crippen molar-refractivity contribution in [3.8, 4) is 0 Å². The van der Waals surface area contributed by atoms with Gasteiger partial charge in [-0.1, -0.05) is 25.5 Å². The molecule has 0 aliphatic heterocycles. The molecule has 1 aromatic carbocycles. The second-order valence-electron chi connectivity index (χ2n) is 3.17. The van der Waals surface area contributed by atoms with Gasteiger partial charge in [0.25, 0.3) is 6.39 Å². The Hall–Kier alpha value is -1.31. The summed E-state index contributed by atoms with van der Waals surface area (Å²) in [6.07, 6.45) is 6.01. The summed E-state index contributed by atoms with van der Waals surface area (Å²) in [7, 11) is 0. The average Bonchev–Trinajstić information content (AvgIpc) is 2.62. The number of hydrogen-bond donors (Lipinski definition) is 0. The zero-order valence-corrected chi connectivity index (χ0v) is 7.71. The van der Waals surface area contributed by atoms with Crippen molar-refractivity contribution in [2.75, 3.05) is 0 Å². The fourth-order valence-corrected chi connectivity index (χ4v) is 1.46. The standard InChI is InChI=1S/C11H12NO/c1-2-3-5-9-6-4-7-10-11(9)12-8-13-10/h4,6-7H,2-3,5H2,1H3. The SMILES string of the molecule is CCCCc1cccc2o[c]nc12. The van der Waals surface area contributed by atoms with E-state index in [-0.39, 0.29) is 0 Å². The highest BCUT2D eigenvalue weighted by Gasteiger charge is 2.03. The summed E-state index contributed by atoms with van der Waals surface area (Å²) in [4.78, 5) is 4.08. The number of unbranched alkanes of at least 4 members (excludes halogenated alkanes) is 1. The molecule has 1 heterocycles. The second kappa shape index (κ2) is 3.60. The minimum atomic E-state index is 0.841. The number of nitrogens with zero attached hydrogens (tertiary/aromatic N) is 1. The first-order valence-corrected chi connectivity index (χ1v) is 4.66. The molecule has 1 aromatic heterocycles. The lowest BCUT2D eigenvalue weighted by molar-refractivity contribution is 0.591. The van der Waals surface area contributed by atoms with Crippen LogP contribution < -0.4 is 0 Å². The van der Waals surface area contributed by atoms with Crippen LogP contribution in [0.25, 0.3) is 11.1 Å². The van der Waals surface area contributed by atoms with E-state index in [4.69, 9.17) is 4.42 Å². The molecule has 0 atom stereocenters. The van der Waals surface area contributed by atoms with Crippen LogP contribution in [0.5, 0.6) is 0 Å². The van der Waals surface area contributed by atoms with E-state index in [0.29, 0.717) is 0 Å². The van der Waals surface area contributed by atoms with Crippen molar-refractivity contribution in [1.29, 1.82) is 0 Å². The van der Waals surface area contributed by atoms with Gasteiger partial charge in [0.05, 0.1) is 0 Å². The molecule has 0 amide bonds. The molecule has 2 nitrogen and oxygen atoms in total. The molecule has 0 fully saturated rings. The molecule has 0 spiro atoms. The number of benzene rings is 1. The van der Waals surface area contributed by atoms with E-state index in [9.17, 15) is 0 Å². The van der Waals surface area contributed by atoms with Gasteiger partial charge in [-0.2, -0.15) is 0 Å². The first-order valence-electron chi connectivity index (χ1n) is 4.66. The Morgan fingerprint density at radius 1 is 1.46 bits per heavy atom. The summed E-state index contributed by atoms with van der Waals surface area (Å²) in [6, 6.07) is 6.04. The van der Waals surface area contributed by atoms with Crippen LogP contribution in [0.15, 0.2) is 22.6 Å². The highest BCUT2D eigenvalue weighted by molar-refractivity contribution is 5.75. The number of rotatable bonds is 3. The second-order valence-corrected chi connectivity index (χ2v) is 3.17. The molecule has 0 bridgehead atoms. The fraction of sp³-hybridized carbons (Fsp3) is 0.364. The predicted octanol–water partition coefficient (Wildman–Crippen LogP) is 2.97. The van der Waals surface area contributed by atoms with Gasteiger partial charge in [-0.3, -0.25) is 0 Å². The van der Waals surface area contributed by atoms with Crippen molar-refractivity contribution < 1.29 is 4.42 Å². The van der Waals surface area contributed by atoms with Gasteiger partial charge in [0.2, 0.25) is 0 Å². The summed E-state index contributed by atoms with van der Waals surface area (Å²) in [5.74, 6) is 0. The molecular formula is C11H12NO. The summed E-state index contributed by atoms with van der Waals surface area (Å²) in [5, 5.41) is 0. The smallest absolute Gasteiger partial charge is 0.284 e. The summed E-state index contributed by atoms with van der Waals surface area (Å²) in [5.41, 5.74) is 3.08. The molecule has 0 N–H and O–H groups in total. The maximum atomic E-state index is 5.10. The van der Waals surface area contributed by atoms with E-state index < -0.39 is 0 Å². The van der Waals surface area contributed by atoms with Crippen molar-refractivity contribution >= 4 is 11.1 Å². The Kier molecular flexibility index (Phi) is 2.30. The minimum Gasteiger partial charge on any atom is -0.432 e. The van der Waals surface area contributed by atoms with Crippen molar-refractivity contribution in [2.24, 2.45) is 0 Å². The zero-order valence-electron chi connectivity index (χ0n) is 7.71. The summed E-state index contributed by atoms with van der Waals surface area (Å²) < 4.78 is 5.10. The lowest BCUT2D eigenvalue weighted by atomic mass is 10.1. The van der Waals surface area contributed by atoms with E-state index in [0.717, 1.165) is 17.5 Å². The largest absolute Gasteiger partial charge is 0.432 e. The third-order valence-electron chi connectivity index (χ3n) is 2.20. The third-order valence-corrected chi connectivity index (χ3v) is 2.20. The Bertz CT molecular complexity index is 392. The van der Waals surface area contributed by atoms with Crippen molar-refractivity contribution in [1.82, 2.24) is 4.98 Å². The normalized spacial score (nSPS) is 10.8. The summed E-state index contributed by atoms with van der Waals surface area (Å²) in [6.45, 7) is 2.19. The highest BCUT2D eigenvalue weighted by Crippen LogP contribution is 2.18. The van der Waals surface area contributed by atoms with Crippen LogP contribution in [0.2, 0.25) is 0 Å². The highest BCUT2D eigenvalue weighted by atomic mass is 16.3. The number of aromatic nitrogens is 1. The summed E-state index contributed by atoms with van der Waals surface area (Å²) >= 11 is 0. The van der Waals surface area contributed by atoms with E-state index >= 15 is 0 Å². The van der Waals surface area contributed by atoms with E-state index in [1.165, 1.54) is 18.4 Å². The lowest BCUT2D eigenvalue weighted by Crippen LogP contribution is -1.85. The first-order chi connectivity index (χ1) is 6.42. The van der Waals surface area contributed by atoms with Crippen LogP contribution in [0.4, 0.5) is 0 Å². The number of oxazole rings is 1. The van der Waals surface area contributed by atoms with Crippen LogP contribution in [0, 0.1) is 6.39 Å². The Balaban J connectivity index is 2.37. The molecule has 67 valence electrons. The van der Waals surface area contributed by atoms with Gasteiger partial charge in [-0.25, -0.2) is 4.98 Å². The third kappa shape index (κ3) is 1.57. The maximum Gasteiger partial charge on any atom is 0.284 e. The molecule has 2 heteroatoms. The van der Waals surface area contributed by atoms with Gasteiger partial charge in [0.1, 0.15) is 5.52 Å². The molecule has 2 aromatic rings. The predicted molar refractivity (Wildman–Crippen MR) is 51.5 cm³/mol. The Morgan fingerprint density at radius 3 is 3.23 bits per heavy atom. The van der Waals surface area contributed by atoms with Crippen LogP contribution in [-0.2, 0) is 6.42 Å². The Morgan fingerprint density at radius 2 is 2.38 bits per heavy atom. The maximum absolute atomic E-state index is 5.10. The number of aryl methyl sites for hydroxylation is 1. The van der Waals surface area contributed by atoms with E-state index in [1.807, 2.05) is 12.1 Å². The van der Waals surface area contributed by atoms with Gasteiger partial charge in [0.15, 0.2) is 5.58 Å². The number of para-hydroxylation sites is 1. The molecule has 0 unspecified atom stereocenters. The van der Waals surface area contributed by atoms with Crippen LogP contribution in [0.3, 0.4) is 0 Å². The number of hydrogen-bond acceptors (Lipinski definition) is 2. The molecule has 1 radical (unpaired) electrons. The molecule has 0 saturated carbocycles. The van der Waals surface area contributed by atoms with Crippen LogP contribution in [0.1, 0.15) is 25.3 Å². The van der Waals surface area contributed by atoms with Gasteiger partial charge in [-0.15, -0.1) is 0 Å². The monoisotopic (exact) mass is 174 g/mol. The lowest BCUT2D eigenvalue weighted by Gasteiger charge is -1.98. The van der Waals surface area contributed by atoms with Crippen LogP contribution >= 0.6 is 0 Å². The van der Waals surface area contributed by atoms with Crippen LogP contribution in [-0.4, -0.2) is 4.98 Å². The zero-order chi connectivity index (χ0) is 9.10. The van der Waals surface area contributed by atoms with Gasteiger partial charge >= 0.3 is 0 Å². The fourth-order valence-electron chi connectivity index (χ4n) is 1.46. The molecule has 0 aliphatic rings. The molecular weight excluding hydrogens is 162 g/mol. The van der Waals surface area contributed by atoms with Crippen molar-refractivity contribution in [2.45, 2.75) is 26.2 Å². The molecule has 13 heavy (non-hydrogen) atoms. The van der Waals surface area contributed by atoms with Gasteiger partial charge in [-0.05, 0) is 24.5 Å². The topological polar surface area (TPSA) is 26.0 Å². The number of fused-ring (bicyclic) bond motifs is 1. The Labute approximate surface area is 77.6 Å². The average molecular weight is 174 g/mol.